The number of ketones is 2. The zero-order chi connectivity index (χ0) is 74.7. The van der Waals surface area contributed by atoms with Crippen molar-refractivity contribution >= 4 is 98.8 Å². The number of benzene rings is 12. The van der Waals surface area contributed by atoms with Gasteiger partial charge in [-0.3, -0.25) is 9.59 Å². The van der Waals surface area contributed by atoms with Gasteiger partial charge in [0, 0.05) is 63.2 Å². The maximum Gasteiger partial charge on any atom is 0.164 e. The van der Waals surface area contributed by atoms with Gasteiger partial charge >= 0.3 is 0 Å². The van der Waals surface area contributed by atoms with Crippen molar-refractivity contribution < 1.29 is 79.0 Å². The van der Waals surface area contributed by atoms with Crippen molar-refractivity contribution in [3.63, 3.8) is 0 Å². The molecule has 4 aromatic heterocycles. The van der Waals surface area contributed by atoms with Crippen LogP contribution in [0, 0.1) is 24.3 Å². The molecular weight excluding hydrogens is 1730 g/mol. The minimum Gasteiger partial charge on any atom is -0.548 e. The predicted molar refractivity (Wildman–Crippen MR) is 423 cm³/mol. The number of aliphatic hydroxyl groups excluding tert-OH is 2. The Morgan fingerprint density at radius 3 is 0.596 bits per heavy atom. The van der Waals surface area contributed by atoms with Crippen LogP contribution in [0.5, 0.6) is 23.0 Å². The van der Waals surface area contributed by atoms with Gasteiger partial charge in [0.25, 0.3) is 0 Å². The fourth-order valence-electron chi connectivity index (χ4n) is 11.9. The standard InChI is InChI=1S/4C19H16N3O.C10H14O4.CH4.2Ir/c4*1-13(2)23-19-12-11-18(14-7-3-4-8-15(14)19)22-20-16-9-5-6-10-17(16)21-22;1-5(11)9(6(2)12)10(7(3)13)8(4)14;;;/h4*3-10,12-13H,1-2H3;11,13H,1-4H3;1H4;;/q4*-1;;;;. The average Bonchev–Trinajstić information content (AvgIpc) is 1.31. The number of Topliss-reactive ketones (excluding diaryl/α,β-unsaturated/α-hetero) is 2. The first kappa shape index (κ1) is 81.3. The van der Waals surface area contributed by atoms with Crippen LogP contribution in [0.15, 0.2) is 241 Å². The molecule has 109 heavy (non-hydrogen) atoms. The number of aliphatic hydroxyl groups is 2. The molecule has 0 atom stereocenters. The van der Waals surface area contributed by atoms with Crippen molar-refractivity contribution in [2.24, 2.45) is 0 Å². The number of ether oxygens (including phenoxy) is 4. The smallest absolute Gasteiger partial charge is 0.164 e. The summed E-state index contributed by atoms with van der Waals surface area (Å²) in [4.78, 5) is 28.8. The molecule has 0 saturated carbocycles. The minimum absolute atomic E-state index is 0. The number of aromatic nitrogens is 12. The van der Waals surface area contributed by atoms with Crippen molar-refractivity contribution in [3.05, 3.63) is 265 Å². The first-order chi connectivity index (χ1) is 51.2. The maximum absolute atomic E-state index is 11.1. The van der Waals surface area contributed by atoms with Gasteiger partial charge in [-0.2, -0.15) is 84.2 Å². The van der Waals surface area contributed by atoms with E-state index in [4.69, 9.17) is 18.9 Å². The van der Waals surface area contributed by atoms with E-state index >= 15 is 0 Å². The fourth-order valence-corrected chi connectivity index (χ4v) is 11.9. The number of carbonyl (C=O) groups excluding carboxylic acids is 2. The molecule has 0 bridgehead atoms. The van der Waals surface area contributed by atoms with Crippen LogP contribution in [0.2, 0.25) is 0 Å². The van der Waals surface area contributed by atoms with Crippen LogP contribution < -0.4 is 18.9 Å². The molecule has 16 aromatic rings. The normalized spacial score (nSPS) is 11.5. The predicted octanol–water partition coefficient (Wildman–Crippen LogP) is 19.1. The summed E-state index contributed by atoms with van der Waals surface area (Å²) >= 11 is 0. The molecule has 0 fully saturated rings. The summed E-state index contributed by atoms with van der Waals surface area (Å²) < 4.78 is 23.6. The van der Waals surface area contributed by atoms with Crippen LogP contribution in [0.25, 0.3) is 110 Å². The van der Waals surface area contributed by atoms with Gasteiger partial charge in [-0.15, -0.1) is 48.5 Å². The molecule has 2 N–H and O–H groups in total. The van der Waals surface area contributed by atoms with Gasteiger partial charge < -0.3 is 29.2 Å². The van der Waals surface area contributed by atoms with E-state index in [0.717, 1.165) is 133 Å². The molecule has 560 valence electrons. The molecule has 0 unspecified atom stereocenters. The van der Waals surface area contributed by atoms with E-state index in [1.165, 1.54) is 27.7 Å². The number of allylic oxidation sites excluding steroid dienone is 4. The summed E-state index contributed by atoms with van der Waals surface area (Å²) in [5, 5.41) is 63.1. The molecular formula is C87H82Ir2N12O8-4. The Labute approximate surface area is 659 Å². The van der Waals surface area contributed by atoms with E-state index in [9.17, 15) is 19.8 Å². The van der Waals surface area contributed by atoms with Gasteiger partial charge in [-0.1, -0.05) is 172 Å². The van der Waals surface area contributed by atoms with Crippen molar-refractivity contribution in [1.29, 1.82) is 0 Å². The van der Waals surface area contributed by atoms with Gasteiger partial charge in [0.15, 0.2) is 11.6 Å². The van der Waals surface area contributed by atoms with E-state index < -0.39 is 11.6 Å². The Balaban J connectivity index is 0.000000157. The molecule has 2 radical (unpaired) electrons. The van der Waals surface area contributed by atoms with Gasteiger partial charge in [0.2, 0.25) is 0 Å². The Kier molecular flexibility index (Phi) is 27.3. The van der Waals surface area contributed by atoms with Gasteiger partial charge in [-0.05, 0) is 154 Å². The first-order valence-corrected chi connectivity index (χ1v) is 34.7. The number of fused-ring (bicyclic) bond motifs is 8. The second-order valence-electron chi connectivity index (χ2n) is 25.8. The molecule has 4 heterocycles. The van der Waals surface area contributed by atoms with E-state index in [1.807, 2.05) is 274 Å². The van der Waals surface area contributed by atoms with Crippen LogP contribution in [0.3, 0.4) is 0 Å². The molecule has 0 amide bonds. The number of carbonyl (C=O) groups is 2. The minimum atomic E-state index is -0.455. The zero-order valence-electron chi connectivity index (χ0n) is 61.5. The SMILES string of the molecule is C.CC(=O)C(=C(C)O)C(C(C)=O)=C(C)O.CC(C)Oc1c[c-]c(-n2nc3ccccc3n2)c2ccccc12.CC(C)Oc1c[c-]c(-n2nc3ccccc3n2)c2ccccc12.CC(C)Oc1c[c-]c(-n2nc3ccccc3n2)c2ccccc12.CC(C)Oc1c[c-]c(-n2nc3ccccc3n2)c2ccccc12.[Ir].[Ir]. The Bertz CT molecular complexity index is 5110. The van der Waals surface area contributed by atoms with Gasteiger partial charge in [0.1, 0.15) is 55.7 Å². The van der Waals surface area contributed by atoms with Crippen LogP contribution in [-0.4, -0.2) is 106 Å². The fraction of sp³-hybridized carbons (Fsp3) is 0.195. The summed E-state index contributed by atoms with van der Waals surface area (Å²) in [6.45, 7) is 21.2. The second kappa shape index (κ2) is 36.7. The third-order valence-electron chi connectivity index (χ3n) is 16.2. The molecule has 0 saturated heterocycles. The molecule has 20 nitrogen and oxygen atoms in total. The van der Waals surface area contributed by atoms with E-state index in [-0.39, 0.29) is 94.7 Å². The van der Waals surface area contributed by atoms with Crippen molar-refractivity contribution in [2.75, 3.05) is 0 Å². The summed E-state index contributed by atoms with van der Waals surface area (Å²) in [6, 6.07) is 84.3. The van der Waals surface area contributed by atoms with Crippen LogP contribution in [-0.2, 0) is 49.8 Å². The summed E-state index contributed by atoms with van der Waals surface area (Å²) in [5.41, 5.74) is 10.00. The molecule has 0 aliphatic heterocycles. The maximum atomic E-state index is 11.1. The van der Waals surface area contributed by atoms with Crippen molar-refractivity contribution in [2.45, 2.75) is 115 Å². The molecule has 16 rings (SSSR count). The number of rotatable bonds is 15. The largest absolute Gasteiger partial charge is 0.548 e. The second-order valence-corrected chi connectivity index (χ2v) is 25.8. The first-order valence-electron chi connectivity index (χ1n) is 34.7. The molecule has 0 aliphatic carbocycles. The molecule has 0 aliphatic rings. The quantitative estimate of drug-likeness (QED) is 0.0420. The van der Waals surface area contributed by atoms with Crippen LogP contribution in [0.4, 0.5) is 0 Å². The summed E-state index contributed by atoms with van der Waals surface area (Å²) in [5.74, 6) is 1.87. The van der Waals surface area contributed by atoms with Gasteiger partial charge in [-0.25, -0.2) is 0 Å². The monoisotopic (exact) mass is 1810 g/mol. The van der Waals surface area contributed by atoms with Gasteiger partial charge in [0.05, 0.1) is 35.6 Å². The number of hydrogen-bond donors (Lipinski definition) is 2. The van der Waals surface area contributed by atoms with Crippen LogP contribution in [0.1, 0.15) is 90.5 Å². The molecule has 0 spiro atoms. The summed E-state index contributed by atoms with van der Waals surface area (Å²) in [6.07, 6.45) is 0.456. The van der Waals surface area contributed by atoms with E-state index in [1.54, 1.807) is 19.2 Å². The third-order valence-corrected chi connectivity index (χ3v) is 16.2. The Morgan fingerprint density at radius 1 is 0.294 bits per heavy atom. The molecule has 12 aromatic carbocycles. The average molecular weight is 1810 g/mol. The zero-order valence-corrected chi connectivity index (χ0v) is 66.3. The Morgan fingerprint density at radius 2 is 0.450 bits per heavy atom. The van der Waals surface area contributed by atoms with Crippen LogP contribution >= 0.6 is 0 Å². The van der Waals surface area contributed by atoms with E-state index in [0.29, 0.717) is 0 Å². The summed E-state index contributed by atoms with van der Waals surface area (Å²) in [7, 11) is 0. The van der Waals surface area contributed by atoms with E-state index in [2.05, 4.69) is 65.1 Å². The third kappa shape index (κ3) is 19.0. The van der Waals surface area contributed by atoms with Crippen molar-refractivity contribution in [3.8, 4) is 45.7 Å². The number of hydrogen-bond acceptors (Lipinski definition) is 16. The molecule has 22 heteroatoms. The topological polar surface area (TPSA) is 234 Å². The number of nitrogens with zero attached hydrogens (tertiary/aromatic N) is 12. The Hall–Kier alpha value is -11.8. The van der Waals surface area contributed by atoms with Crippen molar-refractivity contribution in [1.82, 2.24) is 60.0 Å².